The number of hydrogen-bond acceptors (Lipinski definition) is 2. The summed E-state index contributed by atoms with van der Waals surface area (Å²) >= 11 is 0. The standard InChI is InChI=1S/C12H24N2O/c1-4-5-6-10-8-13-11(7-9(2)3)12(15)14-10/h9-11,13H,4-8H2,1-3H3,(H,14,15)/t10-,11-/m0/s1. The molecule has 1 heterocycles. The monoisotopic (exact) mass is 212 g/mol. The van der Waals surface area contributed by atoms with Crippen LogP contribution in [0.15, 0.2) is 0 Å². The molecule has 2 atom stereocenters. The van der Waals surface area contributed by atoms with Gasteiger partial charge in [-0.2, -0.15) is 0 Å². The summed E-state index contributed by atoms with van der Waals surface area (Å²) in [5, 5.41) is 6.45. The first-order valence-corrected chi connectivity index (χ1v) is 6.17. The number of unbranched alkanes of at least 4 members (excludes halogenated alkanes) is 1. The van der Waals surface area contributed by atoms with Crippen LogP contribution in [0.1, 0.15) is 46.5 Å². The van der Waals surface area contributed by atoms with E-state index in [1.165, 1.54) is 12.8 Å². The fourth-order valence-electron chi connectivity index (χ4n) is 2.02. The largest absolute Gasteiger partial charge is 0.351 e. The second-order valence-corrected chi connectivity index (χ2v) is 4.94. The van der Waals surface area contributed by atoms with Crippen LogP contribution in [0.25, 0.3) is 0 Å². The Morgan fingerprint density at radius 3 is 2.73 bits per heavy atom. The number of carbonyl (C=O) groups is 1. The van der Waals surface area contributed by atoms with Gasteiger partial charge in [0, 0.05) is 12.6 Å². The average molecular weight is 212 g/mol. The molecule has 0 spiro atoms. The molecule has 0 aliphatic carbocycles. The molecular formula is C12H24N2O. The summed E-state index contributed by atoms with van der Waals surface area (Å²) in [5.74, 6) is 0.761. The van der Waals surface area contributed by atoms with Crippen LogP contribution in [0.3, 0.4) is 0 Å². The van der Waals surface area contributed by atoms with E-state index >= 15 is 0 Å². The molecule has 3 heteroatoms. The van der Waals surface area contributed by atoms with E-state index in [4.69, 9.17) is 0 Å². The number of rotatable bonds is 5. The summed E-state index contributed by atoms with van der Waals surface area (Å²) in [7, 11) is 0. The van der Waals surface area contributed by atoms with E-state index in [9.17, 15) is 4.79 Å². The molecule has 0 unspecified atom stereocenters. The first-order valence-electron chi connectivity index (χ1n) is 6.17. The fourth-order valence-corrected chi connectivity index (χ4v) is 2.02. The van der Waals surface area contributed by atoms with Crippen molar-refractivity contribution < 1.29 is 4.79 Å². The van der Waals surface area contributed by atoms with E-state index in [1.54, 1.807) is 0 Å². The molecule has 0 aromatic rings. The van der Waals surface area contributed by atoms with Gasteiger partial charge in [-0.3, -0.25) is 4.79 Å². The average Bonchev–Trinajstić information content (AvgIpc) is 2.18. The highest BCUT2D eigenvalue weighted by Gasteiger charge is 2.27. The topological polar surface area (TPSA) is 41.1 Å². The minimum absolute atomic E-state index is 0.0304. The molecule has 2 N–H and O–H groups in total. The Morgan fingerprint density at radius 2 is 2.20 bits per heavy atom. The maximum absolute atomic E-state index is 11.7. The Hall–Kier alpha value is -0.570. The van der Waals surface area contributed by atoms with Gasteiger partial charge in [-0.05, 0) is 18.8 Å². The van der Waals surface area contributed by atoms with Gasteiger partial charge in [-0.1, -0.05) is 33.6 Å². The highest BCUT2D eigenvalue weighted by atomic mass is 16.2. The van der Waals surface area contributed by atoms with Crippen molar-refractivity contribution >= 4 is 5.91 Å². The SMILES string of the molecule is CCCC[C@H]1CN[C@@H](CC(C)C)C(=O)N1. The number of amides is 1. The van der Waals surface area contributed by atoms with Crippen molar-refractivity contribution in [3.63, 3.8) is 0 Å². The third-order valence-corrected chi connectivity index (χ3v) is 2.89. The van der Waals surface area contributed by atoms with Crippen LogP contribution in [0.2, 0.25) is 0 Å². The molecule has 1 amide bonds. The summed E-state index contributed by atoms with van der Waals surface area (Å²) in [6, 6.07) is 0.378. The minimum atomic E-state index is 0.0304. The van der Waals surface area contributed by atoms with Gasteiger partial charge < -0.3 is 10.6 Å². The molecule has 1 aliphatic heterocycles. The molecular weight excluding hydrogens is 188 g/mol. The third-order valence-electron chi connectivity index (χ3n) is 2.89. The molecule has 0 aromatic heterocycles. The highest BCUT2D eigenvalue weighted by molar-refractivity contribution is 5.82. The van der Waals surface area contributed by atoms with Crippen LogP contribution in [0.4, 0.5) is 0 Å². The Kier molecular flexibility index (Phi) is 5.09. The molecule has 1 fully saturated rings. The van der Waals surface area contributed by atoms with E-state index < -0.39 is 0 Å². The Balaban J connectivity index is 2.31. The fraction of sp³-hybridized carbons (Fsp3) is 0.917. The van der Waals surface area contributed by atoms with E-state index in [0.29, 0.717) is 12.0 Å². The van der Waals surface area contributed by atoms with Gasteiger partial charge in [0.05, 0.1) is 6.04 Å². The van der Waals surface area contributed by atoms with E-state index in [2.05, 4.69) is 31.4 Å². The number of carbonyl (C=O) groups excluding carboxylic acids is 1. The summed E-state index contributed by atoms with van der Waals surface area (Å²) in [4.78, 5) is 11.7. The normalized spacial score (nSPS) is 26.8. The first kappa shape index (κ1) is 12.5. The quantitative estimate of drug-likeness (QED) is 0.728. The van der Waals surface area contributed by atoms with Crippen molar-refractivity contribution in [3.8, 4) is 0 Å². The van der Waals surface area contributed by atoms with Crippen LogP contribution < -0.4 is 10.6 Å². The lowest BCUT2D eigenvalue weighted by atomic mass is 9.99. The van der Waals surface area contributed by atoms with Crippen LogP contribution in [0, 0.1) is 5.92 Å². The van der Waals surface area contributed by atoms with Crippen LogP contribution in [-0.4, -0.2) is 24.5 Å². The zero-order valence-corrected chi connectivity index (χ0v) is 10.2. The molecule has 0 bridgehead atoms. The Morgan fingerprint density at radius 1 is 1.47 bits per heavy atom. The first-order chi connectivity index (χ1) is 7.13. The Labute approximate surface area is 93.0 Å². The van der Waals surface area contributed by atoms with Gasteiger partial charge in [0.2, 0.25) is 5.91 Å². The number of hydrogen-bond donors (Lipinski definition) is 2. The Bertz CT molecular complexity index is 204. The molecule has 15 heavy (non-hydrogen) atoms. The molecule has 1 aliphatic rings. The van der Waals surface area contributed by atoms with Crippen molar-refractivity contribution in [2.24, 2.45) is 5.92 Å². The van der Waals surface area contributed by atoms with Gasteiger partial charge in [-0.15, -0.1) is 0 Å². The third kappa shape index (κ3) is 4.20. The van der Waals surface area contributed by atoms with E-state index in [-0.39, 0.29) is 11.9 Å². The van der Waals surface area contributed by atoms with Gasteiger partial charge in [0.15, 0.2) is 0 Å². The van der Waals surface area contributed by atoms with Gasteiger partial charge in [0.25, 0.3) is 0 Å². The second-order valence-electron chi connectivity index (χ2n) is 4.94. The minimum Gasteiger partial charge on any atom is -0.351 e. The molecule has 88 valence electrons. The lowest BCUT2D eigenvalue weighted by Crippen LogP contribution is -2.58. The van der Waals surface area contributed by atoms with Crippen LogP contribution >= 0.6 is 0 Å². The van der Waals surface area contributed by atoms with Crippen molar-refractivity contribution in [2.75, 3.05) is 6.54 Å². The zero-order chi connectivity index (χ0) is 11.3. The van der Waals surface area contributed by atoms with Crippen molar-refractivity contribution in [1.82, 2.24) is 10.6 Å². The van der Waals surface area contributed by atoms with Crippen molar-refractivity contribution in [3.05, 3.63) is 0 Å². The predicted molar refractivity (Wildman–Crippen MR) is 62.7 cm³/mol. The van der Waals surface area contributed by atoms with E-state index in [1.807, 2.05) is 0 Å². The molecule has 0 saturated carbocycles. The summed E-state index contributed by atoms with van der Waals surface area (Å²) in [5.41, 5.74) is 0. The molecule has 3 nitrogen and oxygen atoms in total. The van der Waals surface area contributed by atoms with Crippen LogP contribution in [0.5, 0.6) is 0 Å². The summed E-state index contributed by atoms with van der Waals surface area (Å²) in [6.07, 6.45) is 4.43. The number of nitrogens with one attached hydrogen (secondary N) is 2. The van der Waals surface area contributed by atoms with Crippen molar-refractivity contribution in [2.45, 2.75) is 58.5 Å². The van der Waals surface area contributed by atoms with Gasteiger partial charge >= 0.3 is 0 Å². The second kappa shape index (κ2) is 6.11. The van der Waals surface area contributed by atoms with Gasteiger partial charge in [0.1, 0.15) is 0 Å². The molecule has 0 aromatic carbocycles. The predicted octanol–water partition coefficient (Wildman–Crippen LogP) is 1.68. The molecule has 1 rings (SSSR count). The highest BCUT2D eigenvalue weighted by Crippen LogP contribution is 2.10. The smallest absolute Gasteiger partial charge is 0.237 e. The zero-order valence-electron chi connectivity index (χ0n) is 10.2. The maximum atomic E-state index is 11.7. The molecule has 1 saturated heterocycles. The van der Waals surface area contributed by atoms with E-state index in [0.717, 1.165) is 19.4 Å². The lowest BCUT2D eigenvalue weighted by molar-refractivity contribution is -0.125. The lowest BCUT2D eigenvalue weighted by Gasteiger charge is -2.31. The molecule has 0 radical (unpaired) electrons. The maximum Gasteiger partial charge on any atom is 0.237 e. The number of piperazine rings is 1. The van der Waals surface area contributed by atoms with Crippen molar-refractivity contribution in [1.29, 1.82) is 0 Å². The van der Waals surface area contributed by atoms with Gasteiger partial charge in [-0.25, -0.2) is 0 Å². The van der Waals surface area contributed by atoms with Crippen LogP contribution in [-0.2, 0) is 4.79 Å². The summed E-state index contributed by atoms with van der Waals surface area (Å²) in [6.45, 7) is 7.42. The summed E-state index contributed by atoms with van der Waals surface area (Å²) < 4.78 is 0.